The van der Waals surface area contributed by atoms with Gasteiger partial charge in [-0.25, -0.2) is 14.5 Å². The predicted molar refractivity (Wildman–Crippen MR) is 102 cm³/mol. The molecule has 2 aromatic carbocycles. The quantitative estimate of drug-likeness (QED) is 0.835. The first-order valence-corrected chi connectivity index (χ1v) is 8.18. The van der Waals surface area contributed by atoms with Crippen LogP contribution in [0.2, 0.25) is 0 Å². The number of nitrogens with one attached hydrogen (secondary N) is 1. The Hall–Kier alpha value is -2.82. The standard InChI is InChI=1S/C20H25N3O2/c1-11-7-13(3)17(14(4)8-11)22-20(25)23(19(21)24)18-15(5)9-12(2)10-16(18)6/h7-10H,1-6H3,(H2,21,24)(H,22,25). The number of imide groups is 1. The van der Waals surface area contributed by atoms with Gasteiger partial charge in [0.2, 0.25) is 0 Å². The van der Waals surface area contributed by atoms with Gasteiger partial charge < -0.3 is 11.1 Å². The molecule has 0 bridgehead atoms. The highest BCUT2D eigenvalue weighted by molar-refractivity contribution is 6.18. The van der Waals surface area contributed by atoms with E-state index in [0.29, 0.717) is 11.4 Å². The lowest BCUT2D eigenvalue weighted by atomic mass is 10.0. The van der Waals surface area contributed by atoms with E-state index in [1.165, 1.54) is 0 Å². The summed E-state index contributed by atoms with van der Waals surface area (Å²) >= 11 is 0. The SMILES string of the molecule is Cc1cc(C)c(NC(=O)N(C(N)=O)c2c(C)cc(C)cc2C)c(C)c1. The Morgan fingerprint density at radius 3 is 1.60 bits per heavy atom. The number of urea groups is 2. The second kappa shape index (κ2) is 6.97. The van der Waals surface area contributed by atoms with Gasteiger partial charge in [-0.1, -0.05) is 35.4 Å². The molecule has 2 rings (SSSR count). The van der Waals surface area contributed by atoms with Crippen LogP contribution in [0.3, 0.4) is 0 Å². The number of carbonyl (C=O) groups is 2. The van der Waals surface area contributed by atoms with Crippen LogP contribution in [0.25, 0.3) is 0 Å². The summed E-state index contributed by atoms with van der Waals surface area (Å²) in [5.41, 5.74) is 12.5. The minimum Gasteiger partial charge on any atom is -0.351 e. The van der Waals surface area contributed by atoms with Gasteiger partial charge in [0, 0.05) is 5.69 Å². The Balaban J connectivity index is 2.46. The lowest BCUT2D eigenvalue weighted by Crippen LogP contribution is -2.44. The molecule has 0 aliphatic heterocycles. The van der Waals surface area contributed by atoms with Crippen LogP contribution in [-0.4, -0.2) is 12.1 Å². The fourth-order valence-electron chi connectivity index (χ4n) is 3.38. The zero-order valence-corrected chi connectivity index (χ0v) is 15.7. The van der Waals surface area contributed by atoms with Crippen LogP contribution in [0.15, 0.2) is 24.3 Å². The molecule has 3 N–H and O–H groups in total. The minimum absolute atomic E-state index is 0.526. The van der Waals surface area contributed by atoms with Crippen LogP contribution in [-0.2, 0) is 0 Å². The van der Waals surface area contributed by atoms with E-state index >= 15 is 0 Å². The van der Waals surface area contributed by atoms with Crippen molar-refractivity contribution < 1.29 is 9.59 Å². The van der Waals surface area contributed by atoms with E-state index in [2.05, 4.69) is 5.32 Å². The van der Waals surface area contributed by atoms with E-state index < -0.39 is 12.1 Å². The summed E-state index contributed by atoms with van der Waals surface area (Å²) in [6, 6.07) is 6.45. The number of nitrogens with zero attached hydrogens (tertiary/aromatic N) is 1. The van der Waals surface area contributed by atoms with Gasteiger partial charge in [-0.2, -0.15) is 0 Å². The molecule has 132 valence electrons. The van der Waals surface area contributed by atoms with E-state index in [1.54, 1.807) is 0 Å². The summed E-state index contributed by atoms with van der Waals surface area (Å²) < 4.78 is 0. The van der Waals surface area contributed by atoms with Crippen molar-refractivity contribution >= 4 is 23.4 Å². The van der Waals surface area contributed by atoms with Crippen LogP contribution in [0.4, 0.5) is 21.0 Å². The molecule has 0 saturated carbocycles. The molecule has 0 spiro atoms. The number of hydrogen-bond acceptors (Lipinski definition) is 2. The Morgan fingerprint density at radius 2 is 1.20 bits per heavy atom. The summed E-state index contributed by atoms with van der Waals surface area (Å²) in [7, 11) is 0. The highest BCUT2D eigenvalue weighted by atomic mass is 16.2. The number of rotatable bonds is 2. The molecule has 2 aromatic rings. The van der Waals surface area contributed by atoms with Crippen molar-refractivity contribution in [1.82, 2.24) is 0 Å². The molecule has 0 saturated heterocycles. The predicted octanol–water partition coefficient (Wildman–Crippen LogP) is 4.65. The molecule has 0 heterocycles. The third-order valence-electron chi connectivity index (χ3n) is 4.19. The molecule has 4 amide bonds. The number of aryl methyl sites for hydroxylation is 6. The number of amides is 4. The van der Waals surface area contributed by atoms with E-state index in [1.807, 2.05) is 65.8 Å². The van der Waals surface area contributed by atoms with Gasteiger partial charge in [0.1, 0.15) is 0 Å². The van der Waals surface area contributed by atoms with Crippen molar-refractivity contribution in [2.75, 3.05) is 10.2 Å². The number of primary amides is 1. The van der Waals surface area contributed by atoms with E-state index in [-0.39, 0.29) is 0 Å². The number of nitrogens with two attached hydrogens (primary N) is 1. The maximum atomic E-state index is 12.8. The van der Waals surface area contributed by atoms with Crippen molar-refractivity contribution in [2.45, 2.75) is 41.5 Å². The number of carbonyl (C=O) groups excluding carboxylic acids is 2. The third kappa shape index (κ3) is 3.82. The Labute approximate surface area is 148 Å². The fraction of sp³-hybridized carbons (Fsp3) is 0.300. The first-order valence-electron chi connectivity index (χ1n) is 8.18. The van der Waals surface area contributed by atoms with Crippen LogP contribution >= 0.6 is 0 Å². The van der Waals surface area contributed by atoms with Crippen molar-refractivity contribution in [3.63, 3.8) is 0 Å². The van der Waals surface area contributed by atoms with Gasteiger partial charge >= 0.3 is 12.1 Å². The summed E-state index contributed by atoms with van der Waals surface area (Å²) in [6.45, 7) is 11.5. The molecule has 5 heteroatoms. The Morgan fingerprint density at radius 1 is 0.800 bits per heavy atom. The largest absolute Gasteiger partial charge is 0.351 e. The van der Waals surface area contributed by atoms with Crippen molar-refractivity contribution in [1.29, 1.82) is 0 Å². The topological polar surface area (TPSA) is 75.4 Å². The van der Waals surface area contributed by atoms with E-state index in [9.17, 15) is 9.59 Å². The zero-order chi connectivity index (χ0) is 18.9. The molecule has 0 aliphatic carbocycles. The molecule has 0 fully saturated rings. The Bertz CT molecular complexity index is 810. The number of benzene rings is 2. The van der Waals surface area contributed by atoms with Gasteiger partial charge in [-0.3, -0.25) is 0 Å². The zero-order valence-electron chi connectivity index (χ0n) is 15.7. The van der Waals surface area contributed by atoms with Crippen molar-refractivity contribution in [3.8, 4) is 0 Å². The van der Waals surface area contributed by atoms with Crippen molar-refractivity contribution in [2.24, 2.45) is 5.73 Å². The average Bonchev–Trinajstić information content (AvgIpc) is 2.45. The maximum Gasteiger partial charge on any atom is 0.334 e. The third-order valence-corrected chi connectivity index (χ3v) is 4.19. The maximum absolute atomic E-state index is 12.8. The normalized spacial score (nSPS) is 10.5. The summed E-state index contributed by atoms with van der Waals surface area (Å²) in [4.78, 5) is 25.9. The molecular formula is C20H25N3O2. The lowest BCUT2D eigenvalue weighted by Gasteiger charge is -2.24. The molecule has 5 nitrogen and oxygen atoms in total. The lowest BCUT2D eigenvalue weighted by molar-refractivity contribution is 0.244. The summed E-state index contributed by atoms with van der Waals surface area (Å²) in [6.07, 6.45) is 0. The van der Waals surface area contributed by atoms with Gasteiger partial charge in [-0.05, 0) is 63.8 Å². The first-order chi connectivity index (χ1) is 11.6. The summed E-state index contributed by atoms with van der Waals surface area (Å²) in [5.74, 6) is 0. The van der Waals surface area contributed by atoms with Crippen molar-refractivity contribution in [3.05, 3.63) is 57.6 Å². The highest BCUT2D eigenvalue weighted by Crippen LogP contribution is 2.28. The van der Waals surface area contributed by atoms with Crippen LogP contribution < -0.4 is 16.0 Å². The monoisotopic (exact) mass is 339 g/mol. The van der Waals surface area contributed by atoms with Crippen LogP contribution in [0.5, 0.6) is 0 Å². The molecular weight excluding hydrogens is 314 g/mol. The second-order valence-corrected chi connectivity index (χ2v) is 6.62. The Kier molecular flexibility index (Phi) is 5.16. The molecule has 0 aromatic heterocycles. The van der Waals surface area contributed by atoms with Crippen LogP contribution in [0.1, 0.15) is 33.4 Å². The second-order valence-electron chi connectivity index (χ2n) is 6.62. The van der Waals surface area contributed by atoms with Gasteiger partial charge in [0.15, 0.2) is 0 Å². The highest BCUT2D eigenvalue weighted by Gasteiger charge is 2.25. The first kappa shape index (κ1) is 18.5. The van der Waals surface area contributed by atoms with Gasteiger partial charge in [-0.15, -0.1) is 0 Å². The smallest absolute Gasteiger partial charge is 0.334 e. The molecule has 25 heavy (non-hydrogen) atoms. The molecule has 0 radical (unpaired) electrons. The molecule has 0 unspecified atom stereocenters. The minimum atomic E-state index is -0.810. The fourth-order valence-corrected chi connectivity index (χ4v) is 3.38. The molecule has 0 atom stereocenters. The van der Waals surface area contributed by atoms with E-state index in [4.69, 9.17) is 5.73 Å². The van der Waals surface area contributed by atoms with Gasteiger partial charge in [0.05, 0.1) is 5.69 Å². The van der Waals surface area contributed by atoms with E-state index in [0.717, 1.165) is 38.3 Å². The molecule has 0 aliphatic rings. The number of hydrogen-bond donors (Lipinski definition) is 2. The average molecular weight is 339 g/mol. The number of anilines is 2. The van der Waals surface area contributed by atoms with Gasteiger partial charge in [0.25, 0.3) is 0 Å². The van der Waals surface area contributed by atoms with Crippen LogP contribution in [0, 0.1) is 41.5 Å². The summed E-state index contributed by atoms with van der Waals surface area (Å²) in [5, 5.41) is 2.84.